The third-order valence-corrected chi connectivity index (χ3v) is 5.56. The van der Waals surface area contributed by atoms with Crippen LogP contribution in [0.4, 0.5) is 11.4 Å². The van der Waals surface area contributed by atoms with Crippen molar-refractivity contribution >= 4 is 49.0 Å². The lowest BCUT2D eigenvalue weighted by Gasteiger charge is -2.51. The summed E-state index contributed by atoms with van der Waals surface area (Å²) in [6.07, 6.45) is 0.653. The zero-order valence-corrected chi connectivity index (χ0v) is 15.9. The van der Waals surface area contributed by atoms with Gasteiger partial charge in [0, 0.05) is 39.8 Å². The molecule has 0 aliphatic carbocycles. The number of hydrogen-bond donors (Lipinski definition) is 0. The number of rotatable bonds is 2. The molecule has 0 saturated carbocycles. The molecule has 0 spiro atoms. The molecule has 0 fully saturated rings. The summed E-state index contributed by atoms with van der Waals surface area (Å²) in [6, 6.07) is 12.8. The first-order valence-electron chi connectivity index (χ1n) is 7.62. The van der Waals surface area contributed by atoms with Crippen LogP contribution in [0.15, 0.2) is 45.3 Å². The zero-order chi connectivity index (χ0) is 16.1. The van der Waals surface area contributed by atoms with E-state index >= 15 is 0 Å². The second-order valence-electron chi connectivity index (χ2n) is 6.19. The highest BCUT2D eigenvalue weighted by atomic mass is 79.9. The summed E-state index contributed by atoms with van der Waals surface area (Å²) in [5.41, 5.74) is 5.07. The van der Waals surface area contributed by atoms with Gasteiger partial charge < -0.3 is 9.80 Å². The molecule has 118 valence electrons. The summed E-state index contributed by atoms with van der Waals surface area (Å²) in [4.78, 5) is 16.5. The van der Waals surface area contributed by atoms with Crippen LogP contribution in [0.5, 0.6) is 0 Å². The fourth-order valence-corrected chi connectivity index (χ4v) is 4.45. The third kappa shape index (κ3) is 2.60. The minimum absolute atomic E-state index is 0.106. The fourth-order valence-electron chi connectivity index (χ4n) is 3.64. The molecule has 2 aromatic rings. The average molecular weight is 436 g/mol. The Kier molecular flexibility index (Phi) is 3.73. The number of nitrogens with zero attached hydrogens (tertiary/aromatic N) is 2. The third-order valence-electron chi connectivity index (χ3n) is 4.57. The highest BCUT2D eigenvalue weighted by Gasteiger charge is 2.38. The summed E-state index contributed by atoms with van der Waals surface area (Å²) >= 11 is 7.14. The molecule has 0 unspecified atom stereocenters. The van der Waals surface area contributed by atoms with Crippen LogP contribution in [0.3, 0.4) is 0 Å². The standard InChI is InChI=1S/C18H16Br2N2O/c1-11(23)6-18-21-10-13-8-15(20)3-5-17(13)22(18)9-12-7-14(19)2-4-16(12)21/h2-5,7-8,18H,6,9-10H2,1H3. The lowest BCUT2D eigenvalue weighted by Crippen LogP contribution is -2.55. The smallest absolute Gasteiger partial charge is 0.133 e. The average Bonchev–Trinajstić information content (AvgIpc) is 2.47. The number of hydrogen-bond acceptors (Lipinski definition) is 3. The van der Waals surface area contributed by atoms with E-state index in [1.807, 2.05) is 0 Å². The predicted molar refractivity (Wildman–Crippen MR) is 99.7 cm³/mol. The molecule has 2 bridgehead atoms. The van der Waals surface area contributed by atoms with Crippen molar-refractivity contribution in [1.82, 2.24) is 0 Å². The quantitative estimate of drug-likeness (QED) is 0.673. The number of ketones is 1. The highest BCUT2D eigenvalue weighted by molar-refractivity contribution is 9.10. The predicted octanol–water partition coefficient (Wildman–Crippen LogP) is 4.86. The van der Waals surface area contributed by atoms with Crippen molar-refractivity contribution in [2.24, 2.45) is 0 Å². The highest BCUT2D eigenvalue weighted by Crippen LogP contribution is 2.43. The number of anilines is 2. The number of Topliss-reactive ketones (excluding diaryl/α,β-unsaturated/α-hetero) is 1. The molecule has 2 aliphatic rings. The largest absolute Gasteiger partial charge is 0.346 e. The summed E-state index contributed by atoms with van der Waals surface area (Å²) in [7, 11) is 0. The Balaban J connectivity index is 1.86. The summed E-state index contributed by atoms with van der Waals surface area (Å²) in [6.45, 7) is 3.34. The van der Waals surface area contributed by atoms with Gasteiger partial charge in [-0.05, 0) is 54.4 Å². The maximum Gasteiger partial charge on any atom is 0.133 e. The topological polar surface area (TPSA) is 23.6 Å². The second-order valence-corrected chi connectivity index (χ2v) is 8.02. The van der Waals surface area contributed by atoms with Crippen molar-refractivity contribution in [3.63, 3.8) is 0 Å². The van der Waals surface area contributed by atoms with Crippen molar-refractivity contribution in [2.45, 2.75) is 32.6 Å². The van der Waals surface area contributed by atoms with E-state index in [-0.39, 0.29) is 11.9 Å². The summed E-state index contributed by atoms with van der Waals surface area (Å²) in [5, 5.41) is 0. The monoisotopic (exact) mass is 434 g/mol. The molecular weight excluding hydrogens is 420 g/mol. The number of carbonyl (C=O) groups is 1. The van der Waals surface area contributed by atoms with E-state index in [1.54, 1.807) is 6.92 Å². The molecule has 3 nitrogen and oxygen atoms in total. The number of benzene rings is 2. The Morgan fingerprint density at radius 2 is 1.48 bits per heavy atom. The van der Waals surface area contributed by atoms with E-state index < -0.39 is 0 Å². The Bertz CT molecular complexity index is 746. The van der Waals surface area contributed by atoms with Gasteiger partial charge in [0.15, 0.2) is 0 Å². The maximum absolute atomic E-state index is 11.8. The van der Waals surface area contributed by atoms with Crippen LogP contribution in [0.2, 0.25) is 0 Å². The normalized spacial score (nSPS) is 16.1. The fraction of sp³-hybridized carbons (Fsp3) is 0.278. The summed E-state index contributed by atoms with van der Waals surface area (Å²) < 4.78 is 2.19. The maximum atomic E-state index is 11.8. The van der Waals surface area contributed by atoms with Gasteiger partial charge >= 0.3 is 0 Å². The van der Waals surface area contributed by atoms with E-state index in [4.69, 9.17) is 0 Å². The molecule has 2 aromatic carbocycles. The van der Waals surface area contributed by atoms with Crippen LogP contribution >= 0.6 is 31.9 Å². The van der Waals surface area contributed by atoms with Gasteiger partial charge in [0.2, 0.25) is 0 Å². The Morgan fingerprint density at radius 3 is 1.91 bits per heavy atom. The Morgan fingerprint density at radius 1 is 1.00 bits per heavy atom. The van der Waals surface area contributed by atoms with Crippen LogP contribution in [0.1, 0.15) is 24.5 Å². The van der Waals surface area contributed by atoms with Gasteiger partial charge in [0.1, 0.15) is 11.9 Å². The van der Waals surface area contributed by atoms with E-state index in [2.05, 4.69) is 78.1 Å². The van der Waals surface area contributed by atoms with Gasteiger partial charge in [0.25, 0.3) is 0 Å². The summed E-state index contributed by atoms with van der Waals surface area (Å²) in [5.74, 6) is 0.228. The first-order chi connectivity index (χ1) is 11.0. The van der Waals surface area contributed by atoms with Gasteiger partial charge in [-0.1, -0.05) is 31.9 Å². The van der Waals surface area contributed by atoms with Crippen molar-refractivity contribution in [3.05, 3.63) is 56.5 Å². The lowest BCUT2D eigenvalue weighted by atomic mass is 9.96. The van der Waals surface area contributed by atoms with Crippen molar-refractivity contribution in [2.75, 3.05) is 9.80 Å². The molecule has 2 heterocycles. The molecular formula is C18H16Br2N2O. The Labute approximate surface area is 152 Å². The van der Waals surface area contributed by atoms with Gasteiger partial charge in [0.05, 0.1) is 0 Å². The SMILES string of the molecule is CC(=O)CC1N2Cc3cc(Br)ccc3N1Cc1cc(Br)ccc12. The van der Waals surface area contributed by atoms with E-state index in [9.17, 15) is 4.79 Å². The lowest BCUT2D eigenvalue weighted by molar-refractivity contribution is -0.117. The molecule has 0 amide bonds. The van der Waals surface area contributed by atoms with Crippen molar-refractivity contribution in [1.29, 1.82) is 0 Å². The number of fused-ring (bicyclic) bond motifs is 6. The zero-order valence-electron chi connectivity index (χ0n) is 12.7. The Hall–Kier alpha value is -1.33. The second kappa shape index (κ2) is 5.64. The van der Waals surface area contributed by atoms with Gasteiger partial charge in [-0.2, -0.15) is 0 Å². The van der Waals surface area contributed by atoms with E-state index in [0.717, 1.165) is 22.0 Å². The number of carbonyl (C=O) groups excluding carboxylic acids is 1. The first-order valence-corrected chi connectivity index (χ1v) is 9.21. The van der Waals surface area contributed by atoms with E-state index in [1.165, 1.54) is 22.5 Å². The van der Waals surface area contributed by atoms with Gasteiger partial charge in [-0.15, -0.1) is 0 Å². The van der Waals surface area contributed by atoms with Crippen LogP contribution in [0.25, 0.3) is 0 Å². The molecule has 0 N–H and O–H groups in total. The van der Waals surface area contributed by atoms with Gasteiger partial charge in [-0.25, -0.2) is 0 Å². The van der Waals surface area contributed by atoms with Crippen molar-refractivity contribution in [3.8, 4) is 0 Å². The molecule has 2 aliphatic heterocycles. The first kappa shape index (κ1) is 15.2. The van der Waals surface area contributed by atoms with Crippen LogP contribution in [-0.4, -0.2) is 11.9 Å². The molecule has 4 rings (SSSR count). The van der Waals surface area contributed by atoms with E-state index in [0.29, 0.717) is 6.42 Å². The van der Waals surface area contributed by atoms with Crippen LogP contribution in [0, 0.1) is 0 Å². The molecule has 0 atom stereocenters. The minimum Gasteiger partial charge on any atom is -0.346 e. The van der Waals surface area contributed by atoms with Crippen LogP contribution < -0.4 is 9.80 Å². The number of halogens is 2. The van der Waals surface area contributed by atoms with Crippen LogP contribution in [-0.2, 0) is 17.9 Å². The van der Waals surface area contributed by atoms with Crippen molar-refractivity contribution < 1.29 is 4.79 Å². The molecule has 23 heavy (non-hydrogen) atoms. The van der Waals surface area contributed by atoms with Gasteiger partial charge in [-0.3, -0.25) is 4.79 Å². The minimum atomic E-state index is 0.106. The molecule has 0 aromatic heterocycles. The molecule has 0 saturated heterocycles. The molecule has 5 heteroatoms. The molecule has 0 radical (unpaired) electrons.